The van der Waals surface area contributed by atoms with Crippen LogP contribution in [0, 0.1) is 22.0 Å². The van der Waals surface area contributed by atoms with Crippen molar-refractivity contribution in [1.29, 1.82) is 0 Å². The van der Waals surface area contributed by atoms with Gasteiger partial charge in [0.1, 0.15) is 0 Å². The number of aliphatic hydroxyl groups excluding tert-OH is 1. The number of aliphatic hydroxyl groups is 1. The Morgan fingerprint density at radius 2 is 2.11 bits per heavy atom. The molecule has 3 atom stereocenters. The number of hydrogen-bond acceptors (Lipinski definition) is 4. The van der Waals surface area contributed by atoms with Gasteiger partial charge < -0.3 is 10.2 Å². The summed E-state index contributed by atoms with van der Waals surface area (Å²) in [6, 6.07) is 0. The Hall–Kier alpha value is -1.43. The topological polar surface area (TPSA) is 101 Å². The molecule has 1 saturated carbocycles. The highest BCUT2D eigenvalue weighted by molar-refractivity contribution is 5.66. The molecule has 0 bridgehead atoms. The molecule has 6 heteroatoms. The molecule has 3 unspecified atom stereocenters. The summed E-state index contributed by atoms with van der Waals surface area (Å²) in [5.41, 5.74) is 0. The fourth-order valence-electron chi connectivity index (χ4n) is 2.47. The van der Waals surface area contributed by atoms with Gasteiger partial charge in [0.15, 0.2) is 0 Å². The van der Waals surface area contributed by atoms with Gasteiger partial charge in [-0.3, -0.25) is 14.9 Å². The third-order valence-corrected chi connectivity index (χ3v) is 3.42. The number of allylic oxidation sites excluding steroid dienone is 2. The largest absolute Gasteiger partial charge is 0.481 e. The molecule has 1 rings (SSSR count). The van der Waals surface area contributed by atoms with Crippen LogP contribution in [0.3, 0.4) is 0 Å². The molecule has 0 spiro atoms. The number of hydrogen-bond donors (Lipinski definition) is 2. The first-order valence-electron chi connectivity index (χ1n) is 6.17. The Labute approximate surface area is 105 Å². The number of nitro groups is 1. The minimum absolute atomic E-state index is 0.0703. The van der Waals surface area contributed by atoms with Crippen LogP contribution in [0.25, 0.3) is 0 Å². The fraction of sp³-hybridized carbons (Fsp3) is 0.750. The SMILES string of the molecule is O=C(O)CCC=CCC1C(O)CCC1C[N+](=O)[O-]. The molecular formula is C12H19NO5. The van der Waals surface area contributed by atoms with Crippen LogP contribution in [0.2, 0.25) is 0 Å². The third-order valence-electron chi connectivity index (χ3n) is 3.42. The van der Waals surface area contributed by atoms with E-state index in [-0.39, 0.29) is 29.7 Å². The number of carboxylic acids is 1. The van der Waals surface area contributed by atoms with Gasteiger partial charge in [0.25, 0.3) is 0 Å². The molecule has 0 aromatic rings. The lowest BCUT2D eigenvalue weighted by Crippen LogP contribution is -2.23. The maximum atomic E-state index is 10.5. The van der Waals surface area contributed by atoms with Crippen LogP contribution in [-0.2, 0) is 4.79 Å². The van der Waals surface area contributed by atoms with Crippen molar-refractivity contribution >= 4 is 5.97 Å². The first-order valence-corrected chi connectivity index (χ1v) is 6.17. The third kappa shape index (κ3) is 4.83. The number of carbonyl (C=O) groups is 1. The highest BCUT2D eigenvalue weighted by Crippen LogP contribution is 2.34. The highest BCUT2D eigenvalue weighted by atomic mass is 16.6. The van der Waals surface area contributed by atoms with Gasteiger partial charge in [-0.2, -0.15) is 0 Å². The van der Waals surface area contributed by atoms with Crippen LogP contribution in [-0.4, -0.2) is 33.8 Å². The molecule has 6 nitrogen and oxygen atoms in total. The zero-order valence-electron chi connectivity index (χ0n) is 10.2. The molecule has 0 radical (unpaired) electrons. The normalized spacial score (nSPS) is 27.7. The average molecular weight is 257 g/mol. The molecule has 1 fully saturated rings. The molecule has 0 amide bonds. The quantitative estimate of drug-likeness (QED) is 0.408. The first-order chi connectivity index (χ1) is 8.50. The second-order valence-corrected chi connectivity index (χ2v) is 4.72. The van der Waals surface area contributed by atoms with Gasteiger partial charge in [0.05, 0.1) is 6.10 Å². The molecule has 1 aliphatic carbocycles. The summed E-state index contributed by atoms with van der Waals surface area (Å²) in [5, 5.41) is 28.7. The van der Waals surface area contributed by atoms with E-state index in [1.807, 2.05) is 6.08 Å². The van der Waals surface area contributed by atoms with Crippen LogP contribution in [0.15, 0.2) is 12.2 Å². The summed E-state index contributed by atoms with van der Waals surface area (Å²) in [7, 11) is 0. The van der Waals surface area contributed by atoms with E-state index in [2.05, 4.69) is 0 Å². The van der Waals surface area contributed by atoms with Gasteiger partial charge in [0, 0.05) is 17.3 Å². The van der Waals surface area contributed by atoms with Crippen molar-refractivity contribution in [3.05, 3.63) is 22.3 Å². The minimum Gasteiger partial charge on any atom is -0.481 e. The Morgan fingerprint density at radius 1 is 1.39 bits per heavy atom. The van der Waals surface area contributed by atoms with E-state index in [0.29, 0.717) is 25.7 Å². The summed E-state index contributed by atoms with van der Waals surface area (Å²) in [6.45, 7) is -0.0926. The lowest BCUT2D eigenvalue weighted by molar-refractivity contribution is -0.489. The second kappa shape index (κ2) is 7.10. The van der Waals surface area contributed by atoms with E-state index in [1.54, 1.807) is 6.08 Å². The summed E-state index contributed by atoms with van der Waals surface area (Å²) in [4.78, 5) is 20.5. The predicted molar refractivity (Wildman–Crippen MR) is 64.7 cm³/mol. The summed E-state index contributed by atoms with van der Waals surface area (Å²) < 4.78 is 0. The van der Waals surface area contributed by atoms with Gasteiger partial charge in [-0.05, 0) is 31.6 Å². The van der Waals surface area contributed by atoms with Crippen LogP contribution in [0.1, 0.15) is 32.1 Å². The smallest absolute Gasteiger partial charge is 0.303 e. The van der Waals surface area contributed by atoms with Gasteiger partial charge >= 0.3 is 5.97 Å². The van der Waals surface area contributed by atoms with Crippen molar-refractivity contribution in [2.75, 3.05) is 6.54 Å². The van der Waals surface area contributed by atoms with Gasteiger partial charge in [-0.1, -0.05) is 12.2 Å². The second-order valence-electron chi connectivity index (χ2n) is 4.72. The maximum absolute atomic E-state index is 10.5. The zero-order valence-corrected chi connectivity index (χ0v) is 10.2. The van der Waals surface area contributed by atoms with E-state index in [0.717, 1.165) is 0 Å². The highest BCUT2D eigenvalue weighted by Gasteiger charge is 2.36. The van der Waals surface area contributed by atoms with Crippen molar-refractivity contribution in [2.45, 2.75) is 38.2 Å². The molecule has 0 aromatic heterocycles. The number of carboxylic acid groups (broad SMARTS) is 1. The fourth-order valence-corrected chi connectivity index (χ4v) is 2.47. The van der Waals surface area contributed by atoms with Crippen molar-refractivity contribution in [3.63, 3.8) is 0 Å². The minimum atomic E-state index is -0.841. The molecule has 0 aliphatic heterocycles. The molecule has 0 aromatic carbocycles. The van der Waals surface area contributed by atoms with Crippen LogP contribution in [0.5, 0.6) is 0 Å². The average Bonchev–Trinajstić information content (AvgIpc) is 2.59. The molecule has 18 heavy (non-hydrogen) atoms. The van der Waals surface area contributed by atoms with Crippen molar-refractivity contribution in [2.24, 2.45) is 11.8 Å². The van der Waals surface area contributed by atoms with Crippen molar-refractivity contribution in [3.8, 4) is 0 Å². The van der Waals surface area contributed by atoms with Crippen LogP contribution < -0.4 is 0 Å². The maximum Gasteiger partial charge on any atom is 0.303 e. The Bertz CT molecular complexity index is 328. The van der Waals surface area contributed by atoms with E-state index in [4.69, 9.17) is 5.11 Å². The summed E-state index contributed by atoms with van der Waals surface area (Å²) >= 11 is 0. The monoisotopic (exact) mass is 257 g/mol. The molecule has 2 N–H and O–H groups in total. The molecule has 0 saturated heterocycles. The zero-order chi connectivity index (χ0) is 13.5. The molecule has 0 heterocycles. The number of aliphatic carboxylic acids is 1. The Morgan fingerprint density at radius 3 is 2.72 bits per heavy atom. The van der Waals surface area contributed by atoms with Gasteiger partial charge in [0.2, 0.25) is 6.54 Å². The number of nitrogens with zero attached hydrogens (tertiary/aromatic N) is 1. The molecule has 102 valence electrons. The first kappa shape index (κ1) is 14.6. The van der Waals surface area contributed by atoms with Gasteiger partial charge in [-0.25, -0.2) is 0 Å². The Kier molecular flexibility index (Phi) is 5.77. The van der Waals surface area contributed by atoms with E-state index >= 15 is 0 Å². The standard InChI is InChI=1S/C12H19NO5/c14-11-7-6-9(8-13(17)18)10(11)4-2-1-3-5-12(15)16/h1-2,9-11,14H,3-8H2,(H,15,16). The van der Waals surface area contributed by atoms with Crippen LogP contribution in [0.4, 0.5) is 0 Å². The predicted octanol–water partition coefficient (Wildman–Crippen LogP) is 1.46. The van der Waals surface area contributed by atoms with E-state index in [9.17, 15) is 20.0 Å². The molecule has 1 aliphatic rings. The van der Waals surface area contributed by atoms with Crippen molar-refractivity contribution < 1.29 is 19.9 Å². The summed E-state index contributed by atoms with van der Waals surface area (Å²) in [5.74, 6) is -0.984. The van der Waals surface area contributed by atoms with E-state index in [1.165, 1.54) is 0 Å². The lowest BCUT2D eigenvalue weighted by atomic mass is 9.91. The van der Waals surface area contributed by atoms with Crippen LogP contribution >= 0.6 is 0 Å². The van der Waals surface area contributed by atoms with Gasteiger partial charge in [-0.15, -0.1) is 0 Å². The van der Waals surface area contributed by atoms with Crippen molar-refractivity contribution in [1.82, 2.24) is 0 Å². The van der Waals surface area contributed by atoms with E-state index < -0.39 is 12.1 Å². The lowest BCUT2D eigenvalue weighted by Gasteiger charge is -2.17. The summed E-state index contributed by atoms with van der Waals surface area (Å²) in [6.07, 6.45) is 5.55. The number of rotatable bonds is 7. The molecular weight excluding hydrogens is 238 g/mol. The Balaban J connectivity index is 2.37.